The van der Waals surface area contributed by atoms with Gasteiger partial charge in [0.25, 0.3) is 0 Å². The number of rotatable bonds is 2. The Morgan fingerprint density at radius 3 is 2.69 bits per heavy atom. The Kier molecular flexibility index (Phi) is 3.51. The molecule has 1 fully saturated rings. The van der Waals surface area contributed by atoms with Crippen molar-refractivity contribution in [3.05, 3.63) is 29.8 Å². The molecule has 2 rings (SSSR count). The minimum absolute atomic E-state index is 0.0865. The fraction of sp³-hybridized carbons (Fsp3) is 0.417. The van der Waals surface area contributed by atoms with Crippen LogP contribution >= 0.6 is 12.6 Å². The average Bonchev–Trinajstić information content (AvgIpc) is 2.68. The highest BCUT2D eigenvalue weighted by Gasteiger charge is 2.24. The van der Waals surface area contributed by atoms with Crippen molar-refractivity contribution in [3.8, 4) is 0 Å². The molecular formula is C12H15NO2S. The smallest absolute Gasteiger partial charge is 0.227 e. The second kappa shape index (κ2) is 4.89. The minimum Gasteiger partial charge on any atom is -0.391 e. The number of amides is 1. The number of hydrogen-bond acceptors (Lipinski definition) is 3. The average molecular weight is 237 g/mol. The molecule has 1 amide bonds. The molecule has 1 atom stereocenters. The summed E-state index contributed by atoms with van der Waals surface area (Å²) in [6.07, 6.45) is 0.756. The van der Waals surface area contributed by atoms with Crippen molar-refractivity contribution in [2.75, 3.05) is 13.1 Å². The second-order valence-corrected chi connectivity index (χ2v) is 4.64. The standard InChI is InChI=1S/C12H15NO2S/c14-10-5-6-13(8-10)12(15)7-9-1-3-11(16)4-2-9/h1-4,10,14,16H,5-8H2. The van der Waals surface area contributed by atoms with Crippen LogP contribution < -0.4 is 0 Å². The second-order valence-electron chi connectivity index (χ2n) is 4.13. The van der Waals surface area contributed by atoms with Gasteiger partial charge in [-0.05, 0) is 24.1 Å². The molecule has 1 heterocycles. The van der Waals surface area contributed by atoms with Crippen molar-refractivity contribution in [2.24, 2.45) is 0 Å². The van der Waals surface area contributed by atoms with Gasteiger partial charge in [0.1, 0.15) is 0 Å². The Balaban J connectivity index is 1.94. The normalized spacial score (nSPS) is 20.1. The Hall–Kier alpha value is -1.00. The van der Waals surface area contributed by atoms with Gasteiger partial charge >= 0.3 is 0 Å². The molecule has 1 unspecified atom stereocenters. The molecule has 1 aliphatic heterocycles. The number of hydrogen-bond donors (Lipinski definition) is 2. The van der Waals surface area contributed by atoms with E-state index in [1.165, 1.54) is 0 Å². The van der Waals surface area contributed by atoms with E-state index in [1.54, 1.807) is 4.90 Å². The molecule has 1 aromatic carbocycles. The van der Waals surface area contributed by atoms with E-state index in [-0.39, 0.29) is 12.0 Å². The summed E-state index contributed by atoms with van der Waals surface area (Å²) in [5, 5.41) is 9.35. The lowest BCUT2D eigenvalue weighted by Gasteiger charge is -2.15. The van der Waals surface area contributed by atoms with Crippen LogP contribution in [0, 0.1) is 0 Å². The Morgan fingerprint density at radius 1 is 1.44 bits per heavy atom. The lowest BCUT2D eigenvalue weighted by molar-refractivity contribution is -0.129. The molecule has 0 aliphatic carbocycles. The highest BCUT2D eigenvalue weighted by atomic mass is 32.1. The molecule has 0 radical (unpaired) electrons. The van der Waals surface area contributed by atoms with Crippen LogP contribution in [0.2, 0.25) is 0 Å². The molecule has 16 heavy (non-hydrogen) atoms. The molecule has 0 saturated carbocycles. The number of aliphatic hydroxyl groups excluding tert-OH is 1. The molecule has 1 aliphatic rings. The largest absolute Gasteiger partial charge is 0.391 e. The fourth-order valence-corrected chi connectivity index (χ4v) is 2.02. The monoisotopic (exact) mass is 237 g/mol. The first kappa shape index (κ1) is 11.5. The molecule has 1 aromatic rings. The summed E-state index contributed by atoms with van der Waals surface area (Å²) < 4.78 is 0. The Labute approximate surface area is 100 Å². The number of carbonyl (C=O) groups excluding carboxylic acids is 1. The number of likely N-dealkylation sites (tertiary alicyclic amines) is 1. The molecule has 1 N–H and O–H groups in total. The van der Waals surface area contributed by atoms with E-state index in [4.69, 9.17) is 0 Å². The van der Waals surface area contributed by atoms with Crippen LogP contribution in [0.15, 0.2) is 29.2 Å². The maximum Gasteiger partial charge on any atom is 0.227 e. The predicted octanol–water partition coefficient (Wildman–Crippen LogP) is 1.11. The zero-order valence-corrected chi connectivity index (χ0v) is 9.86. The van der Waals surface area contributed by atoms with Gasteiger partial charge in [-0.1, -0.05) is 12.1 Å². The molecule has 0 spiro atoms. The quantitative estimate of drug-likeness (QED) is 0.757. The third-order valence-corrected chi connectivity index (χ3v) is 3.11. The zero-order valence-electron chi connectivity index (χ0n) is 8.97. The summed E-state index contributed by atoms with van der Waals surface area (Å²) in [7, 11) is 0. The minimum atomic E-state index is -0.344. The molecular weight excluding hydrogens is 222 g/mol. The third-order valence-electron chi connectivity index (χ3n) is 2.81. The van der Waals surface area contributed by atoms with Gasteiger partial charge in [-0.2, -0.15) is 0 Å². The molecule has 0 bridgehead atoms. The van der Waals surface area contributed by atoms with E-state index in [0.29, 0.717) is 25.9 Å². The molecule has 4 heteroatoms. The molecule has 86 valence electrons. The SMILES string of the molecule is O=C(Cc1ccc(S)cc1)N1CCC(O)C1. The fourth-order valence-electron chi connectivity index (χ4n) is 1.87. The van der Waals surface area contributed by atoms with Crippen molar-refractivity contribution in [1.82, 2.24) is 4.90 Å². The summed E-state index contributed by atoms with van der Waals surface area (Å²) >= 11 is 4.19. The lowest BCUT2D eigenvalue weighted by atomic mass is 10.1. The van der Waals surface area contributed by atoms with Crippen molar-refractivity contribution in [3.63, 3.8) is 0 Å². The maximum atomic E-state index is 11.8. The van der Waals surface area contributed by atoms with E-state index in [2.05, 4.69) is 12.6 Å². The summed E-state index contributed by atoms with van der Waals surface area (Å²) in [6, 6.07) is 7.58. The predicted molar refractivity (Wildman–Crippen MR) is 64.6 cm³/mol. The summed E-state index contributed by atoms with van der Waals surface area (Å²) in [6.45, 7) is 1.15. The highest BCUT2D eigenvalue weighted by molar-refractivity contribution is 7.80. The maximum absolute atomic E-state index is 11.8. The van der Waals surface area contributed by atoms with Crippen LogP contribution in [0.5, 0.6) is 0 Å². The van der Waals surface area contributed by atoms with E-state index < -0.39 is 0 Å². The first-order valence-corrected chi connectivity index (χ1v) is 5.83. The number of benzene rings is 1. The van der Waals surface area contributed by atoms with E-state index >= 15 is 0 Å². The van der Waals surface area contributed by atoms with Crippen LogP contribution in [0.1, 0.15) is 12.0 Å². The summed E-state index contributed by atoms with van der Waals surface area (Å²) in [5.74, 6) is 0.0865. The highest BCUT2D eigenvalue weighted by Crippen LogP contribution is 2.13. The Bertz CT molecular complexity index is 377. The van der Waals surface area contributed by atoms with E-state index in [0.717, 1.165) is 10.5 Å². The lowest BCUT2D eigenvalue weighted by Crippen LogP contribution is -2.30. The molecule has 0 aromatic heterocycles. The van der Waals surface area contributed by atoms with Crippen molar-refractivity contribution >= 4 is 18.5 Å². The topological polar surface area (TPSA) is 40.5 Å². The molecule has 3 nitrogen and oxygen atoms in total. The van der Waals surface area contributed by atoms with Gasteiger partial charge in [0.05, 0.1) is 12.5 Å². The summed E-state index contributed by atoms with van der Waals surface area (Å²) in [4.78, 5) is 14.5. The number of nitrogens with zero attached hydrogens (tertiary/aromatic N) is 1. The van der Waals surface area contributed by atoms with Crippen LogP contribution in [-0.4, -0.2) is 35.1 Å². The van der Waals surface area contributed by atoms with Gasteiger partial charge < -0.3 is 10.0 Å². The van der Waals surface area contributed by atoms with Gasteiger partial charge in [-0.25, -0.2) is 0 Å². The van der Waals surface area contributed by atoms with Crippen molar-refractivity contribution in [2.45, 2.75) is 23.8 Å². The zero-order chi connectivity index (χ0) is 11.5. The number of thiol groups is 1. The van der Waals surface area contributed by atoms with Crippen LogP contribution in [0.3, 0.4) is 0 Å². The van der Waals surface area contributed by atoms with Gasteiger partial charge in [-0.3, -0.25) is 4.79 Å². The number of aliphatic hydroxyl groups is 1. The van der Waals surface area contributed by atoms with Gasteiger partial charge in [0, 0.05) is 18.0 Å². The molecule has 1 saturated heterocycles. The van der Waals surface area contributed by atoms with E-state index in [1.807, 2.05) is 24.3 Å². The van der Waals surface area contributed by atoms with E-state index in [9.17, 15) is 9.90 Å². The van der Waals surface area contributed by atoms with Crippen LogP contribution in [0.4, 0.5) is 0 Å². The third kappa shape index (κ3) is 2.77. The van der Waals surface area contributed by atoms with Gasteiger partial charge in [0.15, 0.2) is 0 Å². The van der Waals surface area contributed by atoms with Crippen LogP contribution in [0.25, 0.3) is 0 Å². The first-order chi connectivity index (χ1) is 7.65. The Morgan fingerprint density at radius 2 is 2.12 bits per heavy atom. The summed E-state index contributed by atoms with van der Waals surface area (Å²) in [5.41, 5.74) is 0.990. The van der Waals surface area contributed by atoms with Gasteiger partial charge in [-0.15, -0.1) is 12.6 Å². The van der Waals surface area contributed by atoms with Crippen molar-refractivity contribution in [1.29, 1.82) is 0 Å². The first-order valence-electron chi connectivity index (χ1n) is 5.39. The number of β-amino-alcohol motifs (C(OH)–C–C–N with tert-alkyl or cyclic N) is 1. The van der Waals surface area contributed by atoms with Crippen molar-refractivity contribution < 1.29 is 9.90 Å². The van der Waals surface area contributed by atoms with Gasteiger partial charge in [0.2, 0.25) is 5.91 Å². The number of carbonyl (C=O) groups is 1. The van der Waals surface area contributed by atoms with Crippen LogP contribution in [-0.2, 0) is 11.2 Å².